The molecule has 1 atom stereocenters. The third-order valence-electron chi connectivity index (χ3n) is 5.80. The van der Waals surface area contributed by atoms with E-state index in [1.807, 2.05) is 49.9 Å². The van der Waals surface area contributed by atoms with Gasteiger partial charge in [-0.15, -0.1) is 0 Å². The number of methoxy groups -OCH3 is 1. The Morgan fingerprint density at radius 1 is 1.13 bits per heavy atom. The standard InChI is InChI=1S/C24H32N4O3/c1-5-25-22(29)14-21-16(2)26-24(27-17(21)3)19-7-6-12-28(15-19)23(30)13-18-8-10-20(31-4)11-9-18/h8-11,19H,5-7,12-15H2,1-4H3,(H,25,29)/t19-/m0/s1. The van der Waals surface area contributed by atoms with E-state index in [2.05, 4.69) is 5.32 Å². The lowest BCUT2D eigenvalue weighted by atomic mass is 9.95. The van der Waals surface area contributed by atoms with Crippen LogP contribution in [0.1, 0.15) is 54.0 Å². The Morgan fingerprint density at radius 2 is 1.81 bits per heavy atom. The van der Waals surface area contributed by atoms with Crippen LogP contribution in [-0.4, -0.2) is 53.4 Å². The van der Waals surface area contributed by atoms with Gasteiger partial charge in [0.2, 0.25) is 11.8 Å². The number of hydrogen-bond acceptors (Lipinski definition) is 5. The van der Waals surface area contributed by atoms with Gasteiger partial charge in [0, 0.05) is 42.5 Å². The Kier molecular flexibility index (Phi) is 7.60. The zero-order valence-corrected chi connectivity index (χ0v) is 18.9. The minimum absolute atomic E-state index is 0.0157. The van der Waals surface area contributed by atoms with E-state index in [1.54, 1.807) is 7.11 Å². The first-order valence-corrected chi connectivity index (χ1v) is 10.9. The first-order chi connectivity index (χ1) is 14.9. The second-order valence-electron chi connectivity index (χ2n) is 8.07. The van der Waals surface area contributed by atoms with Gasteiger partial charge in [-0.3, -0.25) is 9.59 Å². The minimum Gasteiger partial charge on any atom is -0.497 e. The predicted molar refractivity (Wildman–Crippen MR) is 119 cm³/mol. The molecule has 2 aromatic rings. The largest absolute Gasteiger partial charge is 0.497 e. The maximum Gasteiger partial charge on any atom is 0.227 e. The fourth-order valence-electron chi connectivity index (χ4n) is 4.07. The number of amides is 2. The van der Waals surface area contributed by atoms with Crippen LogP contribution in [0.15, 0.2) is 24.3 Å². The van der Waals surface area contributed by atoms with Gasteiger partial charge in [-0.2, -0.15) is 0 Å². The Labute approximate surface area is 184 Å². The van der Waals surface area contributed by atoms with E-state index in [0.29, 0.717) is 25.9 Å². The van der Waals surface area contributed by atoms with Crippen LogP contribution in [0.25, 0.3) is 0 Å². The van der Waals surface area contributed by atoms with Crippen molar-refractivity contribution in [3.05, 3.63) is 52.6 Å². The second-order valence-corrected chi connectivity index (χ2v) is 8.07. The molecule has 1 aliphatic heterocycles. The minimum atomic E-state index is -0.0157. The zero-order chi connectivity index (χ0) is 22.4. The van der Waals surface area contributed by atoms with Gasteiger partial charge in [-0.25, -0.2) is 9.97 Å². The smallest absolute Gasteiger partial charge is 0.227 e. The van der Waals surface area contributed by atoms with Crippen molar-refractivity contribution in [3.8, 4) is 5.75 Å². The van der Waals surface area contributed by atoms with Crippen LogP contribution in [0.3, 0.4) is 0 Å². The number of hydrogen-bond donors (Lipinski definition) is 1. The molecule has 1 aliphatic rings. The van der Waals surface area contributed by atoms with Crippen molar-refractivity contribution in [2.45, 2.75) is 52.4 Å². The van der Waals surface area contributed by atoms with Crippen molar-refractivity contribution in [2.24, 2.45) is 0 Å². The zero-order valence-electron chi connectivity index (χ0n) is 18.9. The molecule has 1 N–H and O–H groups in total. The number of ether oxygens (including phenoxy) is 1. The molecule has 7 nitrogen and oxygen atoms in total. The molecule has 0 radical (unpaired) electrons. The summed E-state index contributed by atoms with van der Waals surface area (Å²) in [5.74, 6) is 1.78. The number of likely N-dealkylation sites (tertiary alicyclic amines) is 1. The average Bonchev–Trinajstić information content (AvgIpc) is 2.77. The fraction of sp³-hybridized carbons (Fsp3) is 0.500. The van der Waals surface area contributed by atoms with Gasteiger partial charge in [0.15, 0.2) is 0 Å². The number of nitrogens with one attached hydrogen (secondary N) is 1. The van der Waals surface area contributed by atoms with E-state index in [9.17, 15) is 9.59 Å². The molecule has 0 unspecified atom stereocenters. The van der Waals surface area contributed by atoms with Crippen molar-refractivity contribution in [3.63, 3.8) is 0 Å². The number of carbonyl (C=O) groups is 2. The van der Waals surface area contributed by atoms with Crippen molar-refractivity contribution in [1.29, 1.82) is 0 Å². The number of likely N-dealkylation sites (N-methyl/N-ethyl adjacent to an activating group) is 1. The summed E-state index contributed by atoms with van der Waals surface area (Å²) in [6, 6.07) is 7.62. The normalized spacial score (nSPS) is 16.1. The lowest BCUT2D eigenvalue weighted by Crippen LogP contribution is -2.40. The quantitative estimate of drug-likeness (QED) is 0.739. The van der Waals surface area contributed by atoms with Crippen LogP contribution in [0.5, 0.6) is 5.75 Å². The van der Waals surface area contributed by atoms with Crippen molar-refractivity contribution in [2.75, 3.05) is 26.7 Å². The first kappa shape index (κ1) is 22.7. The van der Waals surface area contributed by atoms with Crippen LogP contribution >= 0.6 is 0 Å². The number of aryl methyl sites for hydroxylation is 2. The summed E-state index contributed by atoms with van der Waals surface area (Å²) in [4.78, 5) is 36.2. The average molecular weight is 425 g/mol. The number of rotatable bonds is 7. The monoisotopic (exact) mass is 424 g/mol. The summed E-state index contributed by atoms with van der Waals surface area (Å²) < 4.78 is 5.18. The maximum atomic E-state index is 12.9. The van der Waals surface area contributed by atoms with Crippen molar-refractivity contribution < 1.29 is 14.3 Å². The van der Waals surface area contributed by atoms with Crippen LogP contribution < -0.4 is 10.1 Å². The Morgan fingerprint density at radius 3 is 2.42 bits per heavy atom. The van der Waals surface area contributed by atoms with Gasteiger partial charge in [0.1, 0.15) is 11.6 Å². The number of nitrogens with zero attached hydrogens (tertiary/aromatic N) is 3. The lowest BCUT2D eigenvalue weighted by molar-refractivity contribution is -0.131. The van der Waals surface area contributed by atoms with Gasteiger partial charge in [-0.1, -0.05) is 12.1 Å². The molecule has 3 rings (SSSR count). The van der Waals surface area contributed by atoms with E-state index in [4.69, 9.17) is 14.7 Å². The van der Waals surface area contributed by atoms with E-state index < -0.39 is 0 Å². The van der Waals surface area contributed by atoms with Gasteiger partial charge in [0.25, 0.3) is 0 Å². The molecule has 2 heterocycles. The van der Waals surface area contributed by atoms with E-state index >= 15 is 0 Å². The molecule has 0 spiro atoms. The maximum absolute atomic E-state index is 12.9. The van der Waals surface area contributed by atoms with Crippen molar-refractivity contribution >= 4 is 11.8 Å². The predicted octanol–water partition coefficient (Wildman–Crippen LogP) is 2.73. The topological polar surface area (TPSA) is 84.4 Å². The second kappa shape index (κ2) is 10.4. The van der Waals surface area contributed by atoms with Gasteiger partial charge in [0.05, 0.1) is 20.0 Å². The van der Waals surface area contributed by atoms with Crippen LogP contribution in [-0.2, 0) is 22.4 Å². The van der Waals surface area contributed by atoms with E-state index in [0.717, 1.165) is 53.5 Å². The van der Waals surface area contributed by atoms with Crippen LogP contribution in [0.2, 0.25) is 0 Å². The van der Waals surface area contributed by atoms with Gasteiger partial charge in [-0.05, 0) is 51.3 Å². The highest BCUT2D eigenvalue weighted by Crippen LogP contribution is 2.26. The molecule has 0 bridgehead atoms. The van der Waals surface area contributed by atoms with E-state index in [-0.39, 0.29) is 17.7 Å². The molecule has 0 aliphatic carbocycles. The number of piperidine rings is 1. The molecule has 0 saturated carbocycles. The summed E-state index contributed by atoms with van der Waals surface area (Å²) in [7, 11) is 1.63. The Bertz CT molecular complexity index is 904. The molecular formula is C24H32N4O3. The highest BCUT2D eigenvalue weighted by Gasteiger charge is 2.27. The van der Waals surface area contributed by atoms with Crippen molar-refractivity contribution in [1.82, 2.24) is 20.2 Å². The van der Waals surface area contributed by atoms with Gasteiger partial charge >= 0.3 is 0 Å². The highest BCUT2D eigenvalue weighted by atomic mass is 16.5. The fourth-order valence-corrected chi connectivity index (χ4v) is 4.07. The Balaban J connectivity index is 1.68. The molecule has 7 heteroatoms. The lowest BCUT2D eigenvalue weighted by Gasteiger charge is -2.32. The van der Waals surface area contributed by atoms with E-state index in [1.165, 1.54) is 0 Å². The molecule has 1 aromatic heterocycles. The molecular weight excluding hydrogens is 392 g/mol. The number of aromatic nitrogens is 2. The molecule has 1 saturated heterocycles. The third kappa shape index (κ3) is 5.81. The summed E-state index contributed by atoms with van der Waals surface area (Å²) in [5.41, 5.74) is 3.55. The first-order valence-electron chi connectivity index (χ1n) is 10.9. The van der Waals surface area contributed by atoms with Crippen LogP contribution in [0.4, 0.5) is 0 Å². The number of benzene rings is 1. The number of carbonyl (C=O) groups excluding carboxylic acids is 2. The molecule has 1 fully saturated rings. The van der Waals surface area contributed by atoms with Gasteiger partial charge < -0.3 is 15.0 Å². The third-order valence-corrected chi connectivity index (χ3v) is 5.80. The molecule has 31 heavy (non-hydrogen) atoms. The summed E-state index contributed by atoms with van der Waals surface area (Å²) in [6.07, 6.45) is 2.56. The summed E-state index contributed by atoms with van der Waals surface area (Å²) in [5, 5.41) is 2.83. The highest BCUT2D eigenvalue weighted by molar-refractivity contribution is 5.79. The SMILES string of the molecule is CCNC(=O)Cc1c(C)nc([C@H]2CCCN(C(=O)Cc3ccc(OC)cc3)C2)nc1C. The summed E-state index contributed by atoms with van der Waals surface area (Å²) >= 11 is 0. The molecule has 166 valence electrons. The molecule has 1 aromatic carbocycles. The summed E-state index contributed by atoms with van der Waals surface area (Å²) in [6.45, 7) is 7.77. The molecule has 2 amide bonds. The Hall–Kier alpha value is -2.96. The van der Waals surface area contributed by atoms with Crippen LogP contribution in [0, 0.1) is 13.8 Å².